The van der Waals surface area contributed by atoms with Gasteiger partial charge < -0.3 is 21.2 Å². The van der Waals surface area contributed by atoms with Crippen LogP contribution in [-0.2, 0) is 0 Å². The van der Waals surface area contributed by atoms with Gasteiger partial charge in [0.05, 0.1) is 18.2 Å². The van der Waals surface area contributed by atoms with E-state index in [0.717, 1.165) is 12.8 Å². The Balaban J connectivity index is 1.94. The van der Waals surface area contributed by atoms with Crippen molar-refractivity contribution in [1.82, 2.24) is 9.24 Å². The summed E-state index contributed by atoms with van der Waals surface area (Å²) in [7, 11) is 1.49. The van der Waals surface area contributed by atoms with Gasteiger partial charge in [-0.3, -0.25) is 9.36 Å². The van der Waals surface area contributed by atoms with Crippen LogP contribution in [0.5, 0.6) is 5.75 Å². The van der Waals surface area contributed by atoms with Gasteiger partial charge in [0.25, 0.3) is 5.56 Å². The van der Waals surface area contributed by atoms with E-state index in [1.54, 1.807) is 19.1 Å². The van der Waals surface area contributed by atoms with Crippen molar-refractivity contribution in [3.8, 4) is 5.75 Å². The van der Waals surface area contributed by atoms with Crippen molar-refractivity contribution in [3.05, 3.63) is 33.0 Å². The molecular formula is C18H24FN5O3. The highest BCUT2D eigenvalue weighted by molar-refractivity contribution is 5.90. The van der Waals surface area contributed by atoms with Crippen LogP contribution in [0.1, 0.15) is 25.8 Å². The standard InChI is InChI=1S/C18H24FN5O3/c1-9(20)12-7-22(8-13(12)19)14-6-5-11-15(16(14)27-2)23(10-3-4-10)18(26)24(21)17(11)25/h5-6,9-10,12-13H,3-4,7-8,20-21H2,1-2H3/t9-,12-,13+/m1/s1. The SMILES string of the molecule is COc1c(N2C[C@H]([C@@H](C)N)[C@@H](F)C2)ccc2c(=O)n(N)c(=O)n(C3CC3)c12. The average molecular weight is 377 g/mol. The molecule has 3 atom stereocenters. The van der Waals surface area contributed by atoms with Gasteiger partial charge in [0.2, 0.25) is 0 Å². The van der Waals surface area contributed by atoms with Crippen molar-refractivity contribution >= 4 is 16.6 Å². The number of nitrogens with zero attached hydrogens (tertiary/aromatic N) is 3. The molecule has 0 spiro atoms. The van der Waals surface area contributed by atoms with Gasteiger partial charge in [-0.15, -0.1) is 0 Å². The first kappa shape index (κ1) is 17.8. The molecule has 0 bridgehead atoms. The summed E-state index contributed by atoms with van der Waals surface area (Å²) in [6.45, 7) is 2.44. The zero-order valence-corrected chi connectivity index (χ0v) is 15.4. The predicted octanol–water partition coefficient (Wildman–Crippen LogP) is 0.342. The summed E-state index contributed by atoms with van der Waals surface area (Å²) in [4.78, 5) is 27.0. The number of alkyl halides is 1. The summed E-state index contributed by atoms with van der Waals surface area (Å²) in [5.41, 5.74) is 5.85. The molecule has 1 aromatic heterocycles. The van der Waals surface area contributed by atoms with Crippen LogP contribution < -0.4 is 32.5 Å². The molecule has 8 nitrogen and oxygen atoms in total. The van der Waals surface area contributed by atoms with Crippen molar-refractivity contribution in [1.29, 1.82) is 0 Å². The Morgan fingerprint density at radius 3 is 2.52 bits per heavy atom. The average Bonchev–Trinajstić information content (AvgIpc) is 3.39. The van der Waals surface area contributed by atoms with Gasteiger partial charge in [0.15, 0.2) is 5.75 Å². The van der Waals surface area contributed by atoms with Crippen LogP contribution in [-0.4, -0.2) is 41.7 Å². The van der Waals surface area contributed by atoms with Gasteiger partial charge >= 0.3 is 5.69 Å². The topological polar surface area (TPSA) is 109 Å². The molecule has 1 aliphatic carbocycles. The molecule has 4 N–H and O–H groups in total. The Bertz CT molecular complexity index is 1010. The van der Waals surface area contributed by atoms with E-state index in [0.29, 0.717) is 33.6 Å². The fourth-order valence-electron chi connectivity index (χ4n) is 4.00. The molecule has 2 aromatic rings. The molecule has 2 fully saturated rings. The van der Waals surface area contributed by atoms with Gasteiger partial charge in [-0.2, -0.15) is 4.68 Å². The molecule has 1 aromatic carbocycles. The Morgan fingerprint density at radius 2 is 1.96 bits per heavy atom. The molecular weight excluding hydrogens is 353 g/mol. The molecule has 1 saturated heterocycles. The van der Waals surface area contributed by atoms with Crippen LogP contribution in [0.4, 0.5) is 10.1 Å². The second-order valence-corrected chi connectivity index (χ2v) is 7.52. The first-order chi connectivity index (χ1) is 12.8. The minimum absolute atomic E-state index is 0.0103. The quantitative estimate of drug-likeness (QED) is 0.744. The molecule has 27 heavy (non-hydrogen) atoms. The summed E-state index contributed by atoms with van der Waals surface area (Å²) in [5.74, 6) is 5.80. The highest BCUT2D eigenvalue weighted by atomic mass is 19.1. The van der Waals surface area contributed by atoms with Crippen molar-refractivity contribution < 1.29 is 9.13 Å². The zero-order chi connectivity index (χ0) is 19.5. The number of nitrogen functional groups attached to an aromatic ring is 1. The zero-order valence-electron chi connectivity index (χ0n) is 15.4. The van der Waals surface area contributed by atoms with E-state index in [1.165, 1.54) is 11.7 Å². The molecule has 2 heterocycles. The lowest BCUT2D eigenvalue weighted by Gasteiger charge is -2.24. The summed E-state index contributed by atoms with van der Waals surface area (Å²) in [6.07, 6.45) is 0.626. The monoisotopic (exact) mass is 377 g/mol. The number of hydrogen-bond acceptors (Lipinski definition) is 6. The van der Waals surface area contributed by atoms with Crippen LogP contribution in [0.15, 0.2) is 21.7 Å². The van der Waals surface area contributed by atoms with Crippen LogP contribution in [0.25, 0.3) is 10.9 Å². The van der Waals surface area contributed by atoms with E-state index in [4.69, 9.17) is 16.3 Å². The van der Waals surface area contributed by atoms with E-state index in [1.807, 2.05) is 4.90 Å². The Hall–Kier alpha value is -2.55. The third-order valence-corrected chi connectivity index (χ3v) is 5.64. The number of nitrogens with two attached hydrogens (primary N) is 2. The molecule has 1 saturated carbocycles. The smallest absolute Gasteiger partial charge is 0.350 e. The number of benzene rings is 1. The van der Waals surface area contributed by atoms with Crippen LogP contribution in [0.2, 0.25) is 0 Å². The summed E-state index contributed by atoms with van der Waals surface area (Å²) >= 11 is 0. The fourth-order valence-corrected chi connectivity index (χ4v) is 4.00. The fraction of sp³-hybridized carbons (Fsp3) is 0.556. The van der Waals surface area contributed by atoms with Crippen molar-refractivity contribution in [3.63, 3.8) is 0 Å². The first-order valence-electron chi connectivity index (χ1n) is 9.13. The molecule has 146 valence electrons. The molecule has 2 aliphatic rings. The molecule has 0 amide bonds. The number of methoxy groups -OCH3 is 1. The number of hydrogen-bond donors (Lipinski definition) is 2. The molecule has 0 radical (unpaired) electrons. The molecule has 9 heteroatoms. The maximum atomic E-state index is 14.4. The number of fused-ring (bicyclic) bond motifs is 1. The van der Waals surface area contributed by atoms with Crippen LogP contribution >= 0.6 is 0 Å². The van der Waals surface area contributed by atoms with Crippen LogP contribution in [0, 0.1) is 5.92 Å². The maximum Gasteiger partial charge on any atom is 0.350 e. The van der Waals surface area contributed by atoms with Gasteiger partial charge in [-0.1, -0.05) is 0 Å². The normalized spacial score (nSPS) is 23.8. The molecule has 0 unspecified atom stereocenters. The lowest BCUT2D eigenvalue weighted by atomic mass is 10.0. The second-order valence-electron chi connectivity index (χ2n) is 7.52. The Kier molecular flexibility index (Phi) is 4.14. The number of anilines is 1. The highest BCUT2D eigenvalue weighted by Gasteiger charge is 2.37. The van der Waals surface area contributed by atoms with Crippen LogP contribution in [0.3, 0.4) is 0 Å². The lowest BCUT2D eigenvalue weighted by Crippen LogP contribution is -2.44. The third-order valence-electron chi connectivity index (χ3n) is 5.64. The third kappa shape index (κ3) is 2.68. The van der Waals surface area contributed by atoms with Gasteiger partial charge in [-0.05, 0) is 31.9 Å². The summed E-state index contributed by atoms with van der Waals surface area (Å²) in [5, 5.41) is 0.310. The Labute approximate surface area is 155 Å². The van der Waals surface area contributed by atoms with E-state index >= 15 is 0 Å². The van der Waals surface area contributed by atoms with Crippen molar-refractivity contribution in [2.45, 2.75) is 38.0 Å². The molecule has 1 aliphatic heterocycles. The summed E-state index contributed by atoms with van der Waals surface area (Å²) < 4.78 is 22.2. The predicted molar refractivity (Wildman–Crippen MR) is 102 cm³/mol. The maximum absolute atomic E-state index is 14.4. The van der Waals surface area contributed by atoms with Gasteiger partial charge in [-0.25, -0.2) is 9.18 Å². The number of halogens is 1. The van der Waals surface area contributed by atoms with E-state index in [2.05, 4.69) is 0 Å². The highest BCUT2D eigenvalue weighted by Crippen LogP contribution is 2.42. The largest absolute Gasteiger partial charge is 0.492 e. The first-order valence-corrected chi connectivity index (χ1v) is 9.13. The number of ether oxygens (including phenoxy) is 1. The minimum Gasteiger partial charge on any atom is -0.492 e. The number of aromatic nitrogens is 2. The minimum atomic E-state index is -1.05. The van der Waals surface area contributed by atoms with E-state index in [-0.39, 0.29) is 24.5 Å². The lowest BCUT2D eigenvalue weighted by molar-refractivity contribution is 0.259. The second kappa shape index (κ2) is 6.26. The van der Waals surface area contributed by atoms with E-state index < -0.39 is 17.4 Å². The molecule has 4 rings (SSSR count). The number of rotatable bonds is 4. The van der Waals surface area contributed by atoms with E-state index in [9.17, 15) is 14.0 Å². The Morgan fingerprint density at radius 1 is 1.26 bits per heavy atom. The van der Waals surface area contributed by atoms with Crippen molar-refractivity contribution in [2.24, 2.45) is 11.7 Å². The summed E-state index contributed by atoms with van der Waals surface area (Å²) in [6, 6.07) is 3.07. The van der Waals surface area contributed by atoms with Gasteiger partial charge in [0.1, 0.15) is 11.7 Å². The van der Waals surface area contributed by atoms with Gasteiger partial charge in [0, 0.05) is 31.1 Å². The van der Waals surface area contributed by atoms with Crippen molar-refractivity contribution in [2.75, 3.05) is 30.9 Å².